The molecule has 0 amide bonds. The number of methoxy groups -OCH3 is 1. The molecule has 0 heterocycles. The first-order chi connectivity index (χ1) is 8.13. The molecule has 1 aromatic rings. The van der Waals surface area contributed by atoms with E-state index in [1.54, 1.807) is 7.11 Å². The molecular weight excluding hydrogens is 210 g/mol. The predicted octanol–water partition coefficient (Wildman–Crippen LogP) is 3.08. The van der Waals surface area contributed by atoms with Gasteiger partial charge in [-0.25, -0.2) is 0 Å². The van der Waals surface area contributed by atoms with Crippen molar-refractivity contribution in [2.24, 2.45) is 5.73 Å². The van der Waals surface area contributed by atoms with Crippen LogP contribution in [0.2, 0.25) is 0 Å². The number of nitrogens with two attached hydrogens (primary N) is 1. The molecule has 1 aliphatic carbocycles. The molecule has 0 spiro atoms. The molecule has 0 atom stereocenters. The van der Waals surface area contributed by atoms with Crippen molar-refractivity contribution in [1.29, 1.82) is 0 Å². The summed E-state index contributed by atoms with van der Waals surface area (Å²) >= 11 is 0. The minimum atomic E-state index is 0.200. The molecule has 1 saturated carbocycles. The van der Waals surface area contributed by atoms with Crippen molar-refractivity contribution in [2.75, 3.05) is 13.7 Å². The fourth-order valence-electron chi connectivity index (χ4n) is 3.01. The molecule has 1 aliphatic rings. The van der Waals surface area contributed by atoms with E-state index in [0.717, 1.165) is 12.3 Å². The lowest BCUT2D eigenvalue weighted by atomic mass is 9.78. The molecule has 17 heavy (non-hydrogen) atoms. The van der Waals surface area contributed by atoms with Gasteiger partial charge in [0.05, 0.1) is 7.11 Å². The molecule has 2 heteroatoms. The van der Waals surface area contributed by atoms with E-state index in [4.69, 9.17) is 10.5 Å². The van der Waals surface area contributed by atoms with Crippen LogP contribution in [0.5, 0.6) is 5.75 Å². The Morgan fingerprint density at radius 2 is 1.88 bits per heavy atom. The van der Waals surface area contributed by atoms with E-state index in [1.807, 2.05) is 0 Å². The normalized spacial score (nSPS) is 18.4. The smallest absolute Gasteiger partial charge is 0.122 e. The average molecular weight is 233 g/mol. The Hall–Kier alpha value is -1.02. The van der Waals surface area contributed by atoms with Crippen molar-refractivity contribution in [3.05, 3.63) is 28.8 Å². The van der Waals surface area contributed by atoms with Crippen molar-refractivity contribution < 1.29 is 4.74 Å². The molecule has 2 N–H and O–H groups in total. The zero-order chi connectivity index (χ0) is 12.5. The average Bonchev–Trinajstić information content (AvgIpc) is 2.82. The van der Waals surface area contributed by atoms with Gasteiger partial charge >= 0.3 is 0 Å². The summed E-state index contributed by atoms with van der Waals surface area (Å²) in [7, 11) is 1.75. The monoisotopic (exact) mass is 233 g/mol. The first-order valence-electron chi connectivity index (χ1n) is 6.49. The van der Waals surface area contributed by atoms with Crippen LogP contribution < -0.4 is 10.5 Å². The van der Waals surface area contributed by atoms with Crippen LogP contribution >= 0.6 is 0 Å². The summed E-state index contributed by atoms with van der Waals surface area (Å²) in [5.41, 5.74) is 10.2. The van der Waals surface area contributed by atoms with E-state index in [-0.39, 0.29) is 5.41 Å². The van der Waals surface area contributed by atoms with E-state index in [2.05, 4.69) is 26.0 Å². The minimum Gasteiger partial charge on any atom is -0.496 e. The third-order valence-corrected chi connectivity index (χ3v) is 4.40. The lowest BCUT2D eigenvalue weighted by Crippen LogP contribution is -2.32. The molecule has 2 rings (SSSR count). The SMILES string of the molecule is COc1cc(C2(CN)CCCC2)cc(C)c1C. The Labute approximate surface area is 104 Å². The maximum atomic E-state index is 6.04. The van der Waals surface area contributed by atoms with Gasteiger partial charge in [0.1, 0.15) is 5.75 Å². The van der Waals surface area contributed by atoms with Gasteiger partial charge in [0, 0.05) is 12.0 Å². The van der Waals surface area contributed by atoms with Crippen LogP contribution in [0.1, 0.15) is 42.4 Å². The maximum Gasteiger partial charge on any atom is 0.122 e. The highest BCUT2D eigenvalue weighted by Gasteiger charge is 2.34. The Balaban J connectivity index is 2.48. The molecule has 0 aromatic heterocycles. The fraction of sp³-hybridized carbons (Fsp3) is 0.600. The fourth-order valence-corrected chi connectivity index (χ4v) is 3.01. The first kappa shape index (κ1) is 12.4. The first-order valence-corrected chi connectivity index (χ1v) is 6.49. The Morgan fingerprint density at radius 1 is 1.24 bits per heavy atom. The molecule has 2 nitrogen and oxygen atoms in total. The quantitative estimate of drug-likeness (QED) is 0.870. The second kappa shape index (κ2) is 4.69. The number of hydrogen-bond acceptors (Lipinski definition) is 2. The summed E-state index contributed by atoms with van der Waals surface area (Å²) in [4.78, 5) is 0. The highest BCUT2D eigenvalue weighted by molar-refractivity contribution is 5.45. The van der Waals surface area contributed by atoms with Gasteiger partial charge in [0.2, 0.25) is 0 Å². The topological polar surface area (TPSA) is 35.2 Å². The Bertz CT molecular complexity index is 406. The van der Waals surface area contributed by atoms with Gasteiger partial charge in [0.15, 0.2) is 0 Å². The van der Waals surface area contributed by atoms with E-state index >= 15 is 0 Å². The van der Waals surface area contributed by atoms with Crippen molar-refractivity contribution in [3.63, 3.8) is 0 Å². The highest BCUT2D eigenvalue weighted by atomic mass is 16.5. The van der Waals surface area contributed by atoms with Crippen LogP contribution in [0.4, 0.5) is 0 Å². The van der Waals surface area contributed by atoms with Gasteiger partial charge in [-0.2, -0.15) is 0 Å². The molecule has 0 bridgehead atoms. The predicted molar refractivity (Wildman–Crippen MR) is 71.7 cm³/mol. The number of rotatable bonds is 3. The molecule has 0 aliphatic heterocycles. The summed E-state index contributed by atoms with van der Waals surface area (Å²) < 4.78 is 5.47. The molecule has 0 saturated heterocycles. The van der Waals surface area contributed by atoms with Crippen LogP contribution in [0.15, 0.2) is 12.1 Å². The maximum absolute atomic E-state index is 6.04. The molecule has 0 unspecified atom stereocenters. The molecule has 1 fully saturated rings. The summed E-state index contributed by atoms with van der Waals surface area (Å²) in [5.74, 6) is 1.000. The van der Waals surface area contributed by atoms with E-state index in [0.29, 0.717) is 0 Å². The second-order valence-electron chi connectivity index (χ2n) is 5.31. The summed E-state index contributed by atoms with van der Waals surface area (Å²) in [6, 6.07) is 4.50. The van der Waals surface area contributed by atoms with Gasteiger partial charge in [-0.1, -0.05) is 18.9 Å². The highest BCUT2D eigenvalue weighted by Crippen LogP contribution is 2.42. The van der Waals surface area contributed by atoms with Crippen molar-refractivity contribution in [1.82, 2.24) is 0 Å². The van der Waals surface area contributed by atoms with Gasteiger partial charge in [-0.15, -0.1) is 0 Å². The van der Waals surface area contributed by atoms with Crippen LogP contribution in [-0.4, -0.2) is 13.7 Å². The minimum absolute atomic E-state index is 0.200. The number of ether oxygens (including phenoxy) is 1. The number of hydrogen-bond donors (Lipinski definition) is 1. The van der Waals surface area contributed by atoms with Crippen molar-refractivity contribution in [3.8, 4) is 5.75 Å². The summed E-state index contributed by atoms with van der Waals surface area (Å²) in [6.45, 7) is 5.01. The summed E-state index contributed by atoms with van der Waals surface area (Å²) in [5, 5.41) is 0. The third kappa shape index (κ3) is 2.06. The Morgan fingerprint density at radius 3 is 2.41 bits per heavy atom. The number of aryl methyl sites for hydroxylation is 1. The largest absolute Gasteiger partial charge is 0.496 e. The van der Waals surface area contributed by atoms with Crippen LogP contribution in [0.3, 0.4) is 0 Å². The Kier molecular flexibility index (Phi) is 3.43. The zero-order valence-electron chi connectivity index (χ0n) is 11.2. The van der Waals surface area contributed by atoms with E-state index in [1.165, 1.54) is 42.4 Å². The molecule has 94 valence electrons. The zero-order valence-corrected chi connectivity index (χ0v) is 11.2. The standard InChI is InChI=1S/C15H23NO/c1-11-8-13(9-14(17-3)12(11)2)15(10-16)6-4-5-7-15/h8-9H,4-7,10,16H2,1-3H3. The summed E-state index contributed by atoms with van der Waals surface area (Å²) in [6.07, 6.45) is 5.03. The van der Waals surface area contributed by atoms with Gasteiger partial charge in [-0.3, -0.25) is 0 Å². The molecular formula is C15H23NO. The van der Waals surface area contributed by atoms with Crippen molar-refractivity contribution >= 4 is 0 Å². The molecule has 1 aromatic carbocycles. The van der Waals surface area contributed by atoms with Crippen LogP contribution in [-0.2, 0) is 5.41 Å². The molecule has 0 radical (unpaired) electrons. The van der Waals surface area contributed by atoms with Gasteiger partial charge < -0.3 is 10.5 Å². The third-order valence-electron chi connectivity index (χ3n) is 4.40. The van der Waals surface area contributed by atoms with Crippen molar-refractivity contribution in [2.45, 2.75) is 44.9 Å². The van der Waals surface area contributed by atoms with E-state index in [9.17, 15) is 0 Å². The number of benzene rings is 1. The lowest BCUT2D eigenvalue weighted by molar-refractivity contribution is 0.404. The lowest BCUT2D eigenvalue weighted by Gasteiger charge is -2.29. The van der Waals surface area contributed by atoms with Crippen LogP contribution in [0, 0.1) is 13.8 Å². The van der Waals surface area contributed by atoms with E-state index < -0.39 is 0 Å². The van der Waals surface area contributed by atoms with Gasteiger partial charge in [-0.05, 0) is 49.4 Å². The second-order valence-corrected chi connectivity index (χ2v) is 5.31. The van der Waals surface area contributed by atoms with Gasteiger partial charge in [0.25, 0.3) is 0 Å². The van der Waals surface area contributed by atoms with Crippen LogP contribution in [0.25, 0.3) is 0 Å².